The normalized spacial score (nSPS) is 16.9. The minimum absolute atomic E-state index is 0.0632. The van der Waals surface area contributed by atoms with Crippen molar-refractivity contribution in [1.29, 1.82) is 0 Å². The molecule has 11 nitrogen and oxygen atoms in total. The maximum absolute atomic E-state index is 14.2. The van der Waals surface area contributed by atoms with Crippen LogP contribution in [0.5, 0.6) is 0 Å². The molecule has 58 heavy (non-hydrogen) atoms. The first-order valence-electron chi connectivity index (χ1n) is 18.5. The lowest BCUT2D eigenvalue weighted by atomic mass is 9.77. The van der Waals surface area contributed by atoms with Crippen molar-refractivity contribution < 1.29 is 33.6 Å². The number of ether oxygens (including phenoxy) is 1. The lowest BCUT2D eigenvalue weighted by Gasteiger charge is -2.49. The molecular formula is C44H42N5O6S3+. The van der Waals surface area contributed by atoms with Crippen LogP contribution in [0.3, 0.4) is 0 Å². The first-order chi connectivity index (χ1) is 27.8. The van der Waals surface area contributed by atoms with Gasteiger partial charge in [-0.05, 0) is 43.0 Å². The van der Waals surface area contributed by atoms with Crippen LogP contribution in [0.15, 0.2) is 143 Å². The molecule has 3 aromatic carbocycles. The average Bonchev–Trinajstić information content (AvgIpc) is 3.68. The van der Waals surface area contributed by atoms with Gasteiger partial charge in [0.2, 0.25) is 0 Å². The van der Waals surface area contributed by atoms with E-state index in [4.69, 9.17) is 9.72 Å². The standard InChI is InChI=1S/C44H41N5O6S3/c1-43(2,3)55-35(50)24-33(38(51)46-36-39(52)49-37(41(53)54)28(26-57-40(36)49)25-56-32-20-22-48(4)23-21-32)34-27-58-42(45-34)47-44(29-14-8-5-9-15-29,30-16-10-6-11-17-30)31-18-12-7-13-19-31/h5-24,27,36,40H,25-26H2,1-4H3,(H2-,45,46,47,51,53,54)/p+1/b33-24+/t36?,40-/m1/s1. The first kappa shape index (κ1) is 40.5. The number of thiazole rings is 1. The highest BCUT2D eigenvalue weighted by Crippen LogP contribution is 2.43. The second-order valence-electron chi connectivity index (χ2n) is 14.7. The number of aryl methyl sites for hydroxylation is 1. The zero-order valence-corrected chi connectivity index (χ0v) is 34.7. The second kappa shape index (κ2) is 17.0. The highest BCUT2D eigenvalue weighted by molar-refractivity contribution is 8.01. The number of hydrogen-bond donors (Lipinski definition) is 3. The van der Waals surface area contributed by atoms with Gasteiger partial charge >= 0.3 is 11.9 Å². The van der Waals surface area contributed by atoms with Crippen molar-refractivity contribution in [2.75, 3.05) is 16.8 Å². The van der Waals surface area contributed by atoms with E-state index in [1.807, 2.05) is 127 Å². The number of esters is 1. The molecule has 5 aromatic rings. The van der Waals surface area contributed by atoms with E-state index >= 15 is 0 Å². The number of fused-ring (bicyclic) bond motifs is 1. The summed E-state index contributed by atoms with van der Waals surface area (Å²) in [6.45, 7) is 5.17. The summed E-state index contributed by atoms with van der Waals surface area (Å²) in [5.74, 6) is -2.48. The molecule has 2 aliphatic heterocycles. The highest BCUT2D eigenvalue weighted by Gasteiger charge is 2.54. The van der Waals surface area contributed by atoms with E-state index in [9.17, 15) is 24.3 Å². The van der Waals surface area contributed by atoms with Crippen LogP contribution >= 0.6 is 34.9 Å². The Morgan fingerprint density at radius 1 is 0.931 bits per heavy atom. The number of carbonyl (C=O) groups is 4. The molecule has 7 rings (SSSR count). The number of nitrogens with one attached hydrogen (secondary N) is 2. The Labute approximate surface area is 349 Å². The molecule has 0 radical (unpaired) electrons. The van der Waals surface area contributed by atoms with Gasteiger partial charge in [-0.3, -0.25) is 14.5 Å². The van der Waals surface area contributed by atoms with Gasteiger partial charge in [0, 0.05) is 40.0 Å². The van der Waals surface area contributed by atoms with Crippen molar-refractivity contribution in [2.24, 2.45) is 7.05 Å². The number of anilines is 1. The number of aliphatic carboxylic acids is 1. The average molecular weight is 833 g/mol. The summed E-state index contributed by atoms with van der Waals surface area (Å²) < 4.78 is 7.49. The third-order valence-corrected chi connectivity index (χ3v) is 12.7. The predicted octanol–water partition coefficient (Wildman–Crippen LogP) is 6.63. The molecule has 296 valence electrons. The minimum Gasteiger partial charge on any atom is -0.477 e. The number of nitrogens with zero attached hydrogens (tertiary/aromatic N) is 3. The Hall–Kier alpha value is -5.70. The summed E-state index contributed by atoms with van der Waals surface area (Å²) in [6, 6.07) is 32.8. The largest absolute Gasteiger partial charge is 0.477 e. The number of aromatic nitrogens is 2. The Bertz CT molecular complexity index is 2280. The number of β-lactam (4-membered cyclic amide) rings is 1. The van der Waals surface area contributed by atoms with Crippen LogP contribution in [0.4, 0.5) is 5.13 Å². The maximum Gasteiger partial charge on any atom is 0.352 e. The van der Waals surface area contributed by atoms with Crippen molar-refractivity contribution in [3.8, 4) is 0 Å². The van der Waals surface area contributed by atoms with Gasteiger partial charge < -0.3 is 20.5 Å². The summed E-state index contributed by atoms with van der Waals surface area (Å²) in [5.41, 5.74) is 1.77. The summed E-state index contributed by atoms with van der Waals surface area (Å²) in [4.78, 5) is 60.8. The molecule has 0 saturated carbocycles. The smallest absolute Gasteiger partial charge is 0.352 e. The quantitative estimate of drug-likeness (QED) is 0.0296. The van der Waals surface area contributed by atoms with Crippen molar-refractivity contribution in [3.05, 3.63) is 161 Å². The SMILES string of the molecule is C[n+]1ccc(SCC2=C(C(=O)O)N3C(=O)C(NC(=O)/C(=C/C(=O)OC(C)(C)C)c4csc(NC(c5ccccc5)(c5ccccc5)c5ccccc5)n4)[C@H]3SC2)cc1. The summed E-state index contributed by atoms with van der Waals surface area (Å²) in [6.07, 6.45) is 4.91. The molecule has 2 amide bonds. The lowest BCUT2D eigenvalue weighted by molar-refractivity contribution is -0.671. The van der Waals surface area contributed by atoms with Gasteiger partial charge in [-0.25, -0.2) is 19.1 Å². The van der Waals surface area contributed by atoms with Crippen molar-refractivity contribution in [1.82, 2.24) is 15.2 Å². The number of amides is 2. The van der Waals surface area contributed by atoms with Crippen LogP contribution in [-0.2, 0) is 36.5 Å². The molecule has 2 atom stereocenters. The summed E-state index contributed by atoms with van der Waals surface area (Å²) in [5, 5.41) is 18.2. The fourth-order valence-electron chi connectivity index (χ4n) is 6.87. The van der Waals surface area contributed by atoms with E-state index < -0.39 is 46.3 Å². The van der Waals surface area contributed by atoms with Crippen LogP contribution in [0.1, 0.15) is 43.2 Å². The van der Waals surface area contributed by atoms with Crippen molar-refractivity contribution in [2.45, 2.75) is 48.2 Å². The fourth-order valence-corrected chi connectivity index (χ4v) is 10.0. The van der Waals surface area contributed by atoms with Crippen LogP contribution in [0.25, 0.3) is 5.57 Å². The molecule has 1 unspecified atom stereocenters. The molecule has 3 N–H and O–H groups in total. The molecule has 0 aliphatic carbocycles. The fraction of sp³-hybridized carbons (Fsp3) is 0.227. The van der Waals surface area contributed by atoms with Gasteiger partial charge in [-0.1, -0.05) is 91.0 Å². The van der Waals surface area contributed by atoms with E-state index in [1.165, 1.54) is 39.8 Å². The number of carboxylic acid groups (broad SMARTS) is 1. The topological polar surface area (TPSA) is 142 Å². The van der Waals surface area contributed by atoms with Crippen LogP contribution in [0.2, 0.25) is 0 Å². The van der Waals surface area contributed by atoms with E-state index in [-0.39, 0.29) is 17.0 Å². The number of rotatable bonds is 13. The Morgan fingerprint density at radius 3 is 2.03 bits per heavy atom. The van der Waals surface area contributed by atoms with Gasteiger partial charge in [-0.15, -0.1) is 34.9 Å². The zero-order chi connectivity index (χ0) is 41.0. The molecular weight excluding hydrogens is 791 g/mol. The summed E-state index contributed by atoms with van der Waals surface area (Å²) >= 11 is 4.14. The Balaban J connectivity index is 1.18. The van der Waals surface area contributed by atoms with Gasteiger partial charge in [0.1, 0.15) is 35.3 Å². The molecule has 1 fully saturated rings. The molecule has 4 heterocycles. The van der Waals surface area contributed by atoms with Gasteiger partial charge in [0.25, 0.3) is 11.8 Å². The van der Waals surface area contributed by atoms with Gasteiger partial charge in [-0.2, -0.15) is 0 Å². The molecule has 2 aromatic heterocycles. The number of thioether (sulfide) groups is 2. The third-order valence-electron chi connectivity index (χ3n) is 9.51. The maximum atomic E-state index is 14.2. The zero-order valence-electron chi connectivity index (χ0n) is 32.2. The van der Waals surface area contributed by atoms with Crippen LogP contribution in [0, 0.1) is 0 Å². The van der Waals surface area contributed by atoms with E-state index in [0.717, 1.165) is 27.7 Å². The Kier molecular flexibility index (Phi) is 11.9. The molecule has 2 aliphatic rings. The second-order valence-corrected chi connectivity index (χ2v) is 17.7. The van der Waals surface area contributed by atoms with Gasteiger partial charge in [0.05, 0.1) is 11.3 Å². The molecule has 0 bridgehead atoms. The van der Waals surface area contributed by atoms with Crippen LogP contribution in [-0.4, -0.2) is 67.3 Å². The molecule has 14 heteroatoms. The number of hydrogen-bond acceptors (Lipinski definition) is 10. The molecule has 1 saturated heterocycles. The lowest BCUT2D eigenvalue weighted by Crippen LogP contribution is -2.70. The van der Waals surface area contributed by atoms with Crippen LogP contribution < -0.4 is 15.2 Å². The van der Waals surface area contributed by atoms with Gasteiger partial charge in [0.15, 0.2) is 17.5 Å². The highest BCUT2D eigenvalue weighted by atomic mass is 32.2. The Morgan fingerprint density at radius 2 is 1.50 bits per heavy atom. The summed E-state index contributed by atoms with van der Waals surface area (Å²) in [7, 11) is 1.92. The first-order valence-corrected chi connectivity index (χ1v) is 21.4. The number of carbonyl (C=O) groups excluding carboxylic acids is 3. The van der Waals surface area contributed by atoms with Crippen molar-refractivity contribution in [3.63, 3.8) is 0 Å². The van der Waals surface area contributed by atoms with E-state index in [2.05, 4.69) is 10.6 Å². The monoisotopic (exact) mass is 832 g/mol. The predicted molar refractivity (Wildman–Crippen MR) is 227 cm³/mol. The van der Waals surface area contributed by atoms with Crippen molar-refractivity contribution >= 4 is 69.3 Å². The third kappa shape index (κ3) is 8.59. The number of pyridine rings is 1. The minimum atomic E-state index is -1.20. The molecule has 0 spiro atoms. The number of benzene rings is 3. The van der Waals surface area contributed by atoms with E-state index in [1.54, 1.807) is 26.2 Å². The number of carboxylic acids is 1. The van der Waals surface area contributed by atoms with E-state index in [0.29, 0.717) is 22.2 Å².